The van der Waals surface area contributed by atoms with Crippen LogP contribution in [0.1, 0.15) is 54.7 Å². The number of anilines is 1. The molecular weight excluding hydrogens is 440 g/mol. The van der Waals surface area contributed by atoms with Gasteiger partial charge in [0.25, 0.3) is 5.91 Å². The Labute approximate surface area is 204 Å². The largest absolute Gasteiger partial charge is 0.481 e. The number of carbonyl (C=O) groups excluding carboxylic acids is 1. The van der Waals surface area contributed by atoms with Gasteiger partial charge in [0.05, 0.1) is 18.0 Å². The fourth-order valence-corrected chi connectivity index (χ4v) is 4.07. The average Bonchev–Trinajstić information content (AvgIpc) is 3.16. The van der Waals surface area contributed by atoms with E-state index in [2.05, 4.69) is 31.4 Å². The summed E-state index contributed by atoms with van der Waals surface area (Å²) in [5.41, 5.74) is 4.03. The molecule has 1 unspecified atom stereocenters. The van der Waals surface area contributed by atoms with E-state index < -0.39 is 12.0 Å². The van der Waals surface area contributed by atoms with Crippen molar-refractivity contribution < 1.29 is 14.7 Å². The summed E-state index contributed by atoms with van der Waals surface area (Å²) in [6.45, 7) is 8.13. The summed E-state index contributed by atoms with van der Waals surface area (Å²) < 4.78 is 1.88. The second-order valence-electron chi connectivity index (χ2n) is 9.70. The molecule has 0 aliphatic carbocycles. The summed E-state index contributed by atoms with van der Waals surface area (Å²) in [4.78, 5) is 29.9. The molecule has 0 saturated heterocycles. The summed E-state index contributed by atoms with van der Waals surface area (Å²) in [5, 5.41) is 15.9. The predicted molar refractivity (Wildman–Crippen MR) is 138 cm³/mol. The maximum atomic E-state index is 13.5. The maximum Gasteiger partial charge on any atom is 0.305 e. The lowest BCUT2D eigenvalue weighted by atomic mass is 10.0. The SMILES string of the molecule is Cc1cccc(C(CC(=O)O)NC(=O)c2cccn3c(NC(C)(C)C)c(-c4ccccc4)nc23)c1. The summed E-state index contributed by atoms with van der Waals surface area (Å²) in [6.07, 6.45) is 1.65. The number of aryl methyl sites for hydroxylation is 1. The Balaban J connectivity index is 1.78. The zero-order valence-electron chi connectivity index (χ0n) is 20.4. The van der Waals surface area contributed by atoms with Gasteiger partial charge in [0.2, 0.25) is 0 Å². The molecule has 0 aliphatic rings. The lowest BCUT2D eigenvalue weighted by molar-refractivity contribution is -0.137. The lowest BCUT2D eigenvalue weighted by Crippen LogP contribution is -2.30. The molecule has 4 rings (SSSR count). The van der Waals surface area contributed by atoms with E-state index >= 15 is 0 Å². The van der Waals surface area contributed by atoms with Gasteiger partial charge < -0.3 is 15.7 Å². The van der Waals surface area contributed by atoms with E-state index in [1.807, 2.05) is 72.1 Å². The van der Waals surface area contributed by atoms with Crippen molar-refractivity contribution in [1.82, 2.24) is 14.7 Å². The zero-order chi connectivity index (χ0) is 25.2. The van der Waals surface area contributed by atoms with E-state index in [4.69, 9.17) is 4.98 Å². The molecule has 2 aromatic heterocycles. The molecule has 0 saturated carbocycles. The number of hydrogen-bond acceptors (Lipinski definition) is 4. The smallest absolute Gasteiger partial charge is 0.305 e. The quantitative estimate of drug-likeness (QED) is 0.333. The minimum Gasteiger partial charge on any atom is -0.481 e. The summed E-state index contributed by atoms with van der Waals surface area (Å²) in [6, 6.07) is 20.2. The standard InChI is InChI=1S/C28H30N4O3/c1-18-10-8-13-20(16-18)22(17-23(33)34)29-27(35)21-14-9-15-32-25(21)30-24(19-11-6-5-7-12-19)26(32)31-28(2,3)4/h5-16,22,31H,17H2,1-4H3,(H,29,35)(H,33,34). The molecule has 0 aliphatic heterocycles. The van der Waals surface area contributed by atoms with Crippen LogP contribution in [0.15, 0.2) is 72.9 Å². The van der Waals surface area contributed by atoms with Crippen molar-refractivity contribution in [2.24, 2.45) is 0 Å². The molecule has 2 heterocycles. The number of carboxylic acids is 1. The second kappa shape index (κ2) is 9.62. The fourth-order valence-electron chi connectivity index (χ4n) is 4.07. The molecule has 35 heavy (non-hydrogen) atoms. The highest BCUT2D eigenvalue weighted by molar-refractivity contribution is 6.01. The van der Waals surface area contributed by atoms with Crippen LogP contribution in [-0.2, 0) is 4.79 Å². The number of aliphatic carboxylic acids is 1. The molecule has 7 nitrogen and oxygen atoms in total. The van der Waals surface area contributed by atoms with E-state index in [0.29, 0.717) is 11.2 Å². The van der Waals surface area contributed by atoms with Crippen LogP contribution in [0.2, 0.25) is 0 Å². The first kappa shape index (κ1) is 24.0. The van der Waals surface area contributed by atoms with Crippen molar-refractivity contribution in [3.05, 3.63) is 89.6 Å². The molecule has 0 fully saturated rings. The van der Waals surface area contributed by atoms with Crippen LogP contribution in [0, 0.1) is 6.92 Å². The van der Waals surface area contributed by atoms with Crippen LogP contribution in [0.3, 0.4) is 0 Å². The van der Waals surface area contributed by atoms with Crippen molar-refractivity contribution >= 4 is 23.3 Å². The Kier molecular flexibility index (Phi) is 6.60. The van der Waals surface area contributed by atoms with Gasteiger partial charge in [-0.25, -0.2) is 4.98 Å². The monoisotopic (exact) mass is 470 g/mol. The number of pyridine rings is 1. The van der Waals surface area contributed by atoms with Crippen LogP contribution in [0.5, 0.6) is 0 Å². The number of rotatable bonds is 7. The Bertz CT molecular complexity index is 1370. The number of aromatic nitrogens is 2. The summed E-state index contributed by atoms with van der Waals surface area (Å²) in [5.74, 6) is -0.580. The molecule has 0 spiro atoms. The number of carbonyl (C=O) groups is 2. The van der Waals surface area contributed by atoms with E-state index in [0.717, 1.165) is 28.2 Å². The van der Waals surface area contributed by atoms with Gasteiger partial charge in [-0.2, -0.15) is 0 Å². The molecule has 2 aromatic carbocycles. The normalized spacial score (nSPS) is 12.3. The number of carboxylic acid groups (broad SMARTS) is 1. The number of imidazole rings is 1. The van der Waals surface area contributed by atoms with Crippen molar-refractivity contribution in [3.63, 3.8) is 0 Å². The lowest BCUT2D eigenvalue weighted by Gasteiger charge is -2.22. The Morgan fingerprint density at radius 1 is 1.03 bits per heavy atom. The topological polar surface area (TPSA) is 95.7 Å². The third-order valence-corrected chi connectivity index (χ3v) is 5.56. The Morgan fingerprint density at radius 2 is 1.77 bits per heavy atom. The summed E-state index contributed by atoms with van der Waals surface area (Å²) >= 11 is 0. The third kappa shape index (κ3) is 5.51. The molecule has 1 atom stereocenters. The average molecular weight is 471 g/mol. The second-order valence-corrected chi connectivity index (χ2v) is 9.70. The van der Waals surface area contributed by atoms with Gasteiger partial charge in [-0.15, -0.1) is 0 Å². The number of benzene rings is 2. The first-order valence-electron chi connectivity index (χ1n) is 11.6. The summed E-state index contributed by atoms with van der Waals surface area (Å²) in [7, 11) is 0. The van der Waals surface area contributed by atoms with Gasteiger partial charge in [0.15, 0.2) is 5.65 Å². The molecule has 0 radical (unpaired) electrons. The van der Waals surface area contributed by atoms with E-state index in [-0.39, 0.29) is 17.9 Å². The van der Waals surface area contributed by atoms with Crippen LogP contribution in [0.4, 0.5) is 5.82 Å². The van der Waals surface area contributed by atoms with Crippen molar-refractivity contribution in [2.45, 2.75) is 45.7 Å². The molecule has 3 N–H and O–H groups in total. The first-order chi connectivity index (χ1) is 16.6. The van der Waals surface area contributed by atoms with Gasteiger partial charge in [-0.05, 0) is 45.4 Å². The van der Waals surface area contributed by atoms with Crippen LogP contribution in [0.25, 0.3) is 16.9 Å². The highest BCUT2D eigenvalue weighted by Gasteiger charge is 2.24. The van der Waals surface area contributed by atoms with Crippen LogP contribution < -0.4 is 10.6 Å². The van der Waals surface area contributed by atoms with Gasteiger partial charge in [0, 0.05) is 17.3 Å². The minimum absolute atomic E-state index is 0.223. The van der Waals surface area contributed by atoms with Gasteiger partial charge in [0.1, 0.15) is 11.5 Å². The maximum absolute atomic E-state index is 13.5. The highest BCUT2D eigenvalue weighted by atomic mass is 16.4. The highest BCUT2D eigenvalue weighted by Crippen LogP contribution is 2.32. The van der Waals surface area contributed by atoms with Gasteiger partial charge in [-0.1, -0.05) is 60.2 Å². The number of fused-ring (bicyclic) bond motifs is 1. The van der Waals surface area contributed by atoms with E-state index in [9.17, 15) is 14.7 Å². The molecule has 1 amide bonds. The number of amides is 1. The van der Waals surface area contributed by atoms with E-state index in [1.54, 1.807) is 12.1 Å². The number of hydrogen-bond donors (Lipinski definition) is 3. The van der Waals surface area contributed by atoms with Crippen molar-refractivity contribution in [2.75, 3.05) is 5.32 Å². The minimum atomic E-state index is -0.987. The van der Waals surface area contributed by atoms with Gasteiger partial charge in [-0.3, -0.25) is 14.0 Å². The van der Waals surface area contributed by atoms with Crippen LogP contribution in [-0.4, -0.2) is 31.9 Å². The molecule has 180 valence electrons. The molecular formula is C28H30N4O3. The van der Waals surface area contributed by atoms with Crippen LogP contribution >= 0.6 is 0 Å². The third-order valence-electron chi connectivity index (χ3n) is 5.56. The fraction of sp³-hybridized carbons (Fsp3) is 0.250. The number of nitrogens with one attached hydrogen (secondary N) is 2. The predicted octanol–water partition coefficient (Wildman–Crippen LogP) is 5.47. The zero-order valence-corrected chi connectivity index (χ0v) is 20.4. The van der Waals surface area contributed by atoms with Crippen molar-refractivity contribution in [3.8, 4) is 11.3 Å². The molecule has 0 bridgehead atoms. The number of nitrogens with zero attached hydrogens (tertiary/aromatic N) is 2. The molecule has 4 aromatic rings. The first-order valence-corrected chi connectivity index (χ1v) is 11.6. The molecule has 7 heteroatoms. The van der Waals surface area contributed by atoms with Gasteiger partial charge >= 0.3 is 5.97 Å². The van der Waals surface area contributed by atoms with Crippen molar-refractivity contribution in [1.29, 1.82) is 0 Å². The Hall–Kier alpha value is -4.13. The van der Waals surface area contributed by atoms with E-state index in [1.165, 1.54) is 0 Å². The Morgan fingerprint density at radius 3 is 2.43 bits per heavy atom.